The number of para-hydroxylation sites is 1. The molecule has 2 aromatic carbocycles. The fourth-order valence-corrected chi connectivity index (χ4v) is 3.02. The lowest BCUT2D eigenvalue weighted by atomic mass is 10.1. The van der Waals surface area contributed by atoms with Crippen molar-refractivity contribution in [2.45, 2.75) is 6.92 Å². The Hall–Kier alpha value is -3.67. The van der Waals surface area contributed by atoms with Gasteiger partial charge < -0.3 is 9.47 Å². The van der Waals surface area contributed by atoms with Crippen LogP contribution in [0.4, 0.5) is 0 Å². The molecular weight excluding hydrogens is 344 g/mol. The van der Waals surface area contributed by atoms with Crippen LogP contribution in [0.3, 0.4) is 0 Å². The summed E-state index contributed by atoms with van der Waals surface area (Å²) in [6.45, 7) is 1.49. The first-order valence-electron chi connectivity index (χ1n) is 8.35. The number of ether oxygens (including phenoxy) is 2. The van der Waals surface area contributed by atoms with Gasteiger partial charge in [-0.15, -0.1) is 0 Å². The number of hydrogen-bond acceptors (Lipinski definition) is 5. The number of fused-ring (bicyclic) bond motifs is 1. The first kappa shape index (κ1) is 16.8. The lowest BCUT2D eigenvalue weighted by Crippen LogP contribution is -2.05. The molecule has 0 saturated carbocycles. The van der Waals surface area contributed by atoms with Crippen molar-refractivity contribution >= 4 is 34.8 Å². The number of nitrogens with zero attached hydrogens (tertiary/aromatic N) is 2. The molecule has 0 atom stereocenters. The van der Waals surface area contributed by atoms with E-state index in [-0.39, 0.29) is 17.5 Å². The van der Waals surface area contributed by atoms with Crippen LogP contribution in [0.25, 0.3) is 17.0 Å². The summed E-state index contributed by atoms with van der Waals surface area (Å²) in [6, 6.07) is 14.6. The zero-order valence-corrected chi connectivity index (χ0v) is 14.8. The average molecular weight is 360 g/mol. The number of esters is 1. The van der Waals surface area contributed by atoms with Gasteiger partial charge in [-0.25, -0.2) is 9.79 Å². The number of cyclic esters (lactones) is 1. The van der Waals surface area contributed by atoms with Gasteiger partial charge in [-0.3, -0.25) is 9.36 Å². The number of carbonyl (C=O) groups is 2. The maximum atomic E-state index is 12.3. The van der Waals surface area contributed by atoms with Crippen LogP contribution in [0.5, 0.6) is 5.75 Å². The van der Waals surface area contributed by atoms with Gasteiger partial charge in [0.15, 0.2) is 5.70 Å². The van der Waals surface area contributed by atoms with Crippen LogP contribution in [0, 0.1) is 0 Å². The molecule has 0 unspecified atom stereocenters. The zero-order chi connectivity index (χ0) is 19.0. The fraction of sp³-hybridized carbons (Fsp3) is 0.0952. The van der Waals surface area contributed by atoms with Crippen molar-refractivity contribution in [3.8, 4) is 5.75 Å². The highest BCUT2D eigenvalue weighted by Gasteiger charge is 2.25. The van der Waals surface area contributed by atoms with Crippen molar-refractivity contribution in [2.75, 3.05) is 7.11 Å². The number of benzene rings is 2. The first-order chi connectivity index (χ1) is 13.1. The van der Waals surface area contributed by atoms with E-state index in [0.717, 1.165) is 16.5 Å². The van der Waals surface area contributed by atoms with Crippen molar-refractivity contribution in [1.29, 1.82) is 0 Å². The molecule has 2 heterocycles. The summed E-state index contributed by atoms with van der Waals surface area (Å²) in [5, 5.41) is 0.859. The van der Waals surface area contributed by atoms with Gasteiger partial charge in [-0.2, -0.15) is 0 Å². The smallest absolute Gasteiger partial charge is 0.363 e. The lowest BCUT2D eigenvalue weighted by Gasteiger charge is -2.02. The second-order valence-electron chi connectivity index (χ2n) is 6.06. The molecule has 0 spiro atoms. The molecule has 0 amide bonds. The number of rotatable bonds is 3. The van der Waals surface area contributed by atoms with E-state index >= 15 is 0 Å². The highest BCUT2D eigenvalue weighted by Crippen LogP contribution is 2.26. The predicted octanol–water partition coefficient (Wildman–Crippen LogP) is 3.65. The van der Waals surface area contributed by atoms with Crippen molar-refractivity contribution in [1.82, 2.24) is 4.57 Å². The minimum Gasteiger partial charge on any atom is -0.497 e. The topological polar surface area (TPSA) is 69.9 Å². The molecule has 3 aromatic rings. The molecule has 0 N–H and O–H groups in total. The second kappa shape index (κ2) is 6.57. The molecule has 4 rings (SSSR count). The molecule has 134 valence electrons. The Morgan fingerprint density at radius 1 is 1.19 bits per heavy atom. The number of carbonyl (C=O) groups excluding carboxylic acids is 2. The third-order valence-corrected chi connectivity index (χ3v) is 4.31. The Labute approximate surface area is 155 Å². The standard InChI is InChI=1S/C21H16N2O4/c1-13(24)23-12-15(17-8-3-4-9-19(17)23)11-18-21(25)27-20(22-18)14-6-5-7-16(10-14)26-2/h3-12H,1-2H3/b18-11-. The van der Waals surface area contributed by atoms with Gasteiger partial charge in [-0.1, -0.05) is 24.3 Å². The third-order valence-electron chi connectivity index (χ3n) is 4.31. The van der Waals surface area contributed by atoms with Crippen LogP contribution in [0.15, 0.2) is 65.4 Å². The molecule has 1 aliphatic heterocycles. The SMILES string of the molecule is COc1cccc(C2=N/C(=C\c3cn(C(C)=O)c4ccccc34)C(=O)O2)c1. The fourth-order valence-electron chi connectivity index (χ4n) is 3.02. The summed E-state index contributed by atoms with van der Waals surface area (Å²) in [7, 11) is 1.57. The highest BCUT2D eigenvalue weighted by atomic mass is 16.6. The maximum absolute atomic E-state index is 12.3. The van der Waals surface area contributed by atoms with Crippen LogP contribution in [0.2, 0.25) is 0 Å². The summed E-state index contributed by atoms with van der Waals surface area (Å²) in [6.07, 6.45) is 3.34. The van der Waals surface area contributed by atoms with E-state index in [4.69, 9.17) is 9.47 Å². The molecule has 0 aliphatic carbocycles. The monoisotopic (exact) mass is 360 g/mol. The molecule has 0 radical (unpaired) electrons. The van der Waals surface area contributed by atoms with Crippen LogP contribution in [0.1, 0.15) is 22.8 Å². The van der Waals surface area contributed by atoms with E-state index in [1.54, 1.807) is 48.2 Å². The van der Waals surface area contributed by atoms with E-state index in [2.05, 4.69) is 4.99 Å². The van der Waals surface area contributed by atoms with E-state index in [9.17, 15) is 9.59 Å². The van der Waals surface area contributed by atoms with E-state index in [1.165, 1.54) is 6.92 Å². The molecule has 27 heavy (non-hydrogen) atoms. The molecular formula is C21H16N2O4. The Morgan fingerprint density at radius 2 is 2.00 bits per heavy atom. The molecule has 0 bridgehead atoms. The third kappa shape index (κ3) is 3.01. The van der Waals surface area contributed by atoms with Crippen molar-refractivity contribution in [3.05, 3.63) is 71.6 Å². The van der Waals surface area contributed by atoms with Gasteiger partial charge >= 0.3 is 5.97 Å². The minimum atomic E-state index is -0.535. The Bertz CT molecular complexity index is 1140. The second-order valence-corrected chi connectivity index (χ2v) is 6.06. The van der Waals surface area contributed by atoms with Crippen LogP contribution < -0.4 is 4.74 Å². The summed E-state index contributed by atoms with van der Waals surface area (Å²) in [5.41, 5.74) is 2.33. The Balaban J connectivity index is 1.78. The maximum Gasteiger partial charge on any atom is 0.363 e. The zero-order valence-electron chi connectivity index (χ0n) is 14.8. The normalized spacial score (nSPS) is 15.1. The van der Waals surface area contributed by atoms with Gasteiger partial charge in [-0.05, 0) is 30.3 Å². The summed E-state index contributed by atoms with van der Waals surface area (Å²) in [5.74, 6) is 0.228. The van der Waals surface area contributed by atoms with E-state index < -0.39 is 5.97 Å². The van der Waals surface area contributed by atoms with E-state index in [0.29, 0.717) is 11.3 Å². The van der Waals surface area contributed by atoms with Crippen molar-refractivity contribution in [3.63, 3.8) is 0 Å². The van der Waals surface area contributed by atoms with Gasteiger partial charge in [0.05, 0.1) is 12.6 Å². The predicted molar refractivity (Wildman–Crippen MR) is 102 cm³/mol. The van der Waals surface area contributed by atoms with Gasteiger partial charge in [0.25, 0.3) is 0 Å². The molecule has 0 fully saturated rings. The van der Waals surface area contributed by atoms with E-state index in [1.807, 2.05) is 24.3 Å². The highest BCUT2D eigenvalue weighted by molar-refractivity contribution is 6.13. The summed E-state index contributed by atoms with van der Waals surface area (Å²) in [4.78, 5) is 28.5. The Kier molecular flexibility index (Phi) is 4.08. The molecule has 0 saturated heterocycles. The molecule has 1 aliphatic rings. The van der Waals surface area contributed by atoms with Gasteiger partial charge in [0.1, 0.15) is 5.75 Å². The van der Waals surface area contributed by atoms with Crippen LogP contribution in [-0.2, 0) is 9.53 Å². The van der Waals surface area contributed by atoms with Crippen molar-refractivity contribution < 1.29 is 19.1 Å². The van der Waals surface area contributed by atoms with Crippen LogP contribution >= 0.6 is 0 Å². The number of aliphatic imine (C=N–C) groups is 1. The minimum absolute atomic E-state index is 0.106. The van der Waals surface area contributed by atoms with Crippen molar-refractivity contribution in [2.24, 2.45) is 4.99 Å². The first-order valence-corrected chi connectivity index (χ1v) is 8.35. The van der Waals surface area contributed by atoms with Gasteiger partial charge in [0, 0.05) is 29.6 Å². The summed E-state index contributed by atoms with van der Waals surface area (Å²) >= 11 is 0. The van der Waals surface area contributed by atoms with Gasteiger partial charge in [0.2, 0.25) is 11.8 Å². The summed E-state index contributed by atoms with van der Waals surface area (Å²) < 4.78 is 12.1. The largest absolute Gasteiger partial charge is 0.497 e. The average Bonchev–Trinajstić information content (AvgIpc) is 3.23. The molecule has 6 heteroatoms. The number of hydrogen-bond donors (Lipinski definition) is 0. The Morgan fingerprint density at radius 3 is 2.78 bits per heavy atom. The van der Waals surface area contributed by atoms with Crippen LogP contribution in [-0.4, -0.2) is 29.5 Å². The number of aromatic nitrogens is 1. The quantitative estimate of drug-likeness (QED) is 0.528. The molecule has 6 nitrogen and oxygen atoms in total. The number of methoxy groups -OCH3 is 1. The lowest BCUT2D eigenvalue weighted by molar-refractivity contribution is -0.129. The molecule has 1 aromatic heterocycles.